The molecule has 0 fully saturated rings. The number of hydrogen-bond acceptors (Lipinski definition) is 3. The van der Waals surface area contributed by atoms with Crippen molar-refractivity contribution >= 4 is 27.7 Å². The predicted octanol–water partition coefficient (Wildman–Crippen LogP) is 4.47. The van der Waals surface area contributed by atoms with Crippen molar-refractivity contribution in [1.29, 1.82) is 0 Å². The normalized spacial score (nSPS) is 11.6. The minimum Gasteiger partial charge on any atom is -0.483 e. The van der Waals surface area contributed by atoms with Crippen molar-refractivity contribution in [3.63, 3.8) is 0 Å². The molecule has 0 aliphatic carbocycles. The van der Waals surface area contributed by atoms with E-state index in [2.05, 4.69) is 28.2 Å². The second-order valence-corrected chi connectivity index (χ2v) is 7.88. The maximum Gasteiger partial charge on any atom is 0.261 e. The van der Waals surface area contributed by atoms with Crippen molar-refractivity contribution in [1.82, 2.24) is 10.2 Å². The van der Waals surface area contributed by atoms with E-state index in [0.717, 1.165) is 28.4 Å². The Labute approximate surface area is 185 Å². The van der Waals surface area contributed by atoms with Gasteiger partial charge < -0.3 is 15.0 Å². The molecule has 2 aromatic carbocycles. The van der Waals surface area contributed by atoms with Gasteiger partial charge in [-0.25, -0.2) is 4.39 Å². The summed E-state index contributed by atoms with van der Waals surface area (Å²) < 4.78 is 19.7. The average Bonchev–Trinajstić information content (AvgIpc) is 2.75. The van der Waals surface area contributed by atoms with E-state index in [-0.39, 0.29) is 30.8 Å². The lowest BCUT2D eigenvalue weighted by molar-refractivity contribution is -0.142. The lowest BCUT2D eigenvalue weighted by atomic mass is 10.1. The van der Waals surface area contributed by atoms with Crippen LogP contribution in [0, 0.1) is 5.82 Å². The van der Waals surface area contributed by atoms with Crippen molar-refractivity contribution in [2.24, 2.45) is 0 Å². The Bertz CT molecular complexity index is 858. The van der Waals surface area contributed by atoms with E-state index in [9.17, 15) is 14.0 Å². The number of halogens is 2. The summed E-state index contributed by atoms with van der Waals surface area (Å²) in [4.78, 5) is 26.9. The van der Waals surface area contributed by atoms with Gasteiger partial charge >= 0.3 is 0 Å². The third-order valence-electron chi connectivity index (χ3n) is 4.74. The molecule has 2 amide bonds. The van der Waals surface area contributed by atoms with Crippen LogP contribution in [0.4, 0.5) is 4.39 Å². The average molecular weight is 479 g/mol. The molecule has 162 valence electrons. The summed E-state index contributed by atoms with van der Waals surface area (Å²) in [5.41, 5.74) is 1.88. The zero-order valence-electron chi connectivity index (χ0n) is 17.6. The number of aryl methyl sites for hydroxylation is 1. The maximum atomic E-state index is 13.2. The van der Waals surface area contributed by atoms with E-state index in [1.54, 1.807) is 19.1 Å². The number of nitrogens with zero attached hydrogens (tertiary/aromatic N) is 1. The fraction of sp³-hybridized carbons (Fsp3) is 0.391. The smallest absolute Gasteiger partial charge is 0.261 e. The molecule has 5 nitrogen and oxygen atoms in total. The van der Waals surface area contributed by atoms with Crippen LogP contribution in [-0.2, 0) is 22.6 Å². The second-order valence-electron chi connectivity index (χ2n) is 7.02. The van der Waals surface area contributed by atoms with Gasteiger partial charge in [-0.15, -0.1) is 0 Å². The summed E-state index contributed by atoms with van der Waals surface area (Å²) in [5, 5.41) is 2.82. The second kappa shape index (κ2) is 11.7. The van der Waals surface area contributed by atoms with Crippen LogP contribution in [0.3, 0.4) is 0 Å². The fourth-order valence-electron chi connectivity index (χ4n) is 2.87. The van der Waals surface area contributed by atoms with Gasteiger partial charge in [0.1, 0.15) is 17.6 Å². The lowest BCUT2D eigenvalue weighted by Crippen LogP contribution is -2.49. The summed E-state index contributed by atoms with van der Waals surface area (Å²) in [7, 11) is 0. The Balaban J connectivity index is 2.14. The molecule has 0 saturated carbocycles. The van der Waals surface area contributed by atoms with E-state index in [1.165, 1.54) is 17.0 Å². The van der Waals surface area contributed by atoms with Gasteiger partial charge in [-0.3, -0.25) is 9.59 Å². The molecule has 0 saturated heterocycles. The molecule has 0 radical (unpaired) electrons. The highest BCUT2D eigenvalue weighted by molar-refractivity contribution is 9.10. The quantitative estimate of drug-likeness (QED) is 0.547. The number of carbonyl (C=O) groups is 2. The zero-order chi connectivity index (χ0) is 22.1. The van der Waals surface area contributed by atoms with E-state index in [4.69, 9.17) is 4.74 Å². The van der Waals surface area contributed by atoms with Crippen molar-refractivity contribution in [3.8, 4) is 5.75 Å². The fourth-order valence-corrected chi connectivity index (χ4v) is 3.41. The molecule has 0 aliphatic heterocycles. The van der Waals surface area contributed by atoms with Crippen LogP contribution in [-0.4, -0.2) is 35.9 Å². The molecule has 1 atom stereocenters. The highest BCUT2D eigenvalue weighted by Gasteiger charge is 2.26. The minimum absolute atomic E-state index is 0.180. The van der Waals surface area contributed by atoms with Crippen LogP contribution in [0.1, 0.15) is 38.3 Å². The van der Waals surface area contributed by atoms with Gasteiger partial charge in [-0.2, -0.15) is 0 Å². The summed E-state index contributed by atoms with van der Waals surface area (Å²) >= 11 is 3.47. The lowest BCUT2D eigenvalue weighted by Gasteiger charge is -2.28. The largest absolute Gasteiger partial charge is 0.483 e. The van der Waals surface area contributed by atoms with Gasteiger partial charge in [-0.1, -0.05) is 32.0 Å². The molecule has 2 aromatic rings. The van der Waals surface area contributed by atoms with Gasteiger partial charge in [0.2, 0.25) is 5.91 Å². The Hall–Kier alpha value is -2.41. The summed E-state index contributed by atoms with van der Waals surface area (Å²) in [6.45, 7) is 6.20. The van der Waals surface area contributed by atoms with Crippen molar-refractivity contribution < 1.29 is 18.7 Å². The Kier molecular flexibility index (Phi) is 9.30. The third-order valence-corrected chi connectivity index (χ3v) is 5.36. The van der Waals surface area contributed by atoms with Crippen molar-refractivity contribution in [2.45, 2.75) is 46.2 Å². The molecular weight excluding hydrogens is 451 g/mol. The highest BCUT2D eigenvalue weighted by Crippen LogP contribution is 2.26. The van der Waals surface area contributed by atoms with Gasteiger partial charge in [0, 0.05) is 13.1 Å². The van der Waals surface area contributed by atoms with Crippen LogP contribution >= 0.6 is 15.9 Å². The number of carbonyl (C=O) groups excluding carboxylic acids is 2. The number of nitrogens with one attached hydrogen (secondary N) is 1. The van der Waals surface area contributed by atoms with Crippen molar-refractivity contribution in [2.75, 3.05) is 13.2 Å². The SMILES string of the molecule is CCCNC(=O)[C@H](C)N(Cc1ccc(F)cc1)C(=O)COc1ccc(CC)cc1Br. The Morgan fingerprint density at radius 3 is 2.40 bits per heavy atom. The highest BCUT2D eigenvalue weighted by atomic mass is 79.9. The third kappa shape index (κ3) is 6.83. The molecular formula is C23H28BrFN2O3. The molecule has 0 spiro atoms. The molecule has 1 N–H and O–H groups in total. The minimum atomic E-state index is -0.691. The van der Waals surface area contributed by atoms with Gasteiger partial charge in [-0.05, 0) is 71.1 Å². The first kappa shape index (κ1) is 23.9. The summed E-state index contributed by atoms with van der Waals surface area (Å²) in [6, 6.07) is 10.9. The van der Waals surface area contributed by atoms with E-state index in [1.807, 2.05) is 25.1 Å². The number of rotatable bonds is 10. The van der Waals surface area contributed by atoms with Crippen LogP contribution in [0.2, 0.25) is 0 Å². The monoisotopic (exact) mass is 478 g/mol. The molecule has 0 unspecified atom stereocenters. The first-order chi connectivity index (χ1) is 14.3. The molecule has 7 heteroatoms. The molecule has 30 heavy (non-hydrogen) atoms. The van der Waals surface area contributed by atoms with Crippen LogP contribution in [0.5, 0.6) is 5.75 Å². The van der Waals surface area contributed by atoms with Crippen molar-refractivity contribution in [3.05, 3.63) is 63.9 Å². The predicted molar refractivity (Wildman–Crippen MR) is 119 cm³/mol. The van der Waals surface area contributed by atoms with Crippen LogP contribution in [0.25, 0.3) is 0 Å². The van der Waals surface area contributed by atoms with Crippen LogP contribution in [0.15, 0.2) is 46.9 Å². The zero-order valence-corrected chi connectivity index (χ0v) is 19.2. The molecule has 2 rings (SSSR count). The standard InChI is InChI=1S/C23H28BrFN2O3/c1-4-12-26-23(29)16(3)27(14-18-6-9-19(25)10-7-18)22(28)15-30-21-11-8-17(5-2)13-20(21)24/h6-11,13,16H,4-5,12,14-15H2,1-3H3,(H,26,29)/t16-/m0/s1. The van der Waals surface area contributed by atoms with Gasteiger partial charge in [0.15, 0.2) is 6.61 Å². The first-order valence-electron chi connectivity index (χ1n) is 10.1. The summed E-state index contributed by atoms with van der Waals surface area (Å²) in [5.74, 6) is -0.356. The van der Waals surface area contributed by atoms with Gasteiger partial charge in [0.25, 0.3) is 5.91 Å². The molecule has 0 bridgehead atoms. The Morgan fingerprint density at radius 2 is 1.80 bits per heavy atom. The van der Waals surface area contributed by atoms with Crippen LogP contribution < -0.4 is 10.1 Å². The summed E-state index contributed by atoms with van der Waals surface area (Å²) in [6.07, 6.45) is 1.70. The first-order valence-corrected chi connectivity index (χ1v) is 10.9. The van der Waals surface area contributed by atoms with E-state index < -0.39 is 6.04 Å². The maximum absolute atomic E-state index is 13.2. The molecule has 0 aliphatic rings. The van der Waals surface area contributed by atoms with Gasteiger partial charge in [0.05, 0.1) is 4.47 Å². The topological polar surface area (TPSA) is 58.6 Å². The Morgan fingerprint density at radius 1 is 1.13 bits per heavy atom. The molecule has 0 aromatic heterocycles. The number of ether oxygens (including phenoxy) is 1. The number of amides is 2. The van der Waals surface area contributed by atoms with E-state index in [0.29, 0.717) is 12.3 Å². The number of benzene rings is 2. The number of hydrogen-bond donors (Lipinski definition) is 1. The molecule has 0 heterocycles. The van der Waals surface area contributed by atoms with E-state index >= 15 is 0 Å².